The first-order valence-electron chi connectivity index (χ1n) is 5.66. The average Bonchev–Trinajstić information content (AvgIpc) is 2.69. The fourth-order valence-electron chi connectivity index (χ4n) is 2.17. The summed E-state index contributed by atoms with van der Waals surface area (Å²) in [7, 11) is 3.48. The van der Waals surface area contributed by atoms with Crippen LogP contribution in [0, 0.1) is 25.2 Å². The van der Waals surface area contributed by atoms with Gasteiger partial charge in [0.05, 0.1) is 12.8 Å². The van der Waals surface area contributed by atoms with Gasteiger partial charge in [-0.25, -0.2) is 0 Å². The molecule has 0 aliphatic rings. The molecule has 0 saturated heterocycles. The number of hydrogen-bond donors (Lipinski definition) is 0. The molecule has 1 aromatic heterocycles. The van der Waals surface area contributed by atoms with Crippen LogP contribution in [0.15, 0.2) is 18.2 Å². The number of aryl methyl sites for hydroxylation is 3. The molecule has 92 valence electrons. The summed E-state index contributed by atoms with van der Waals surface area (Å²) >= 11 is 0. The van der Waals surface area contributed by atoms with Gasteiger partial charge in [-0.1, -0.05) is 6.07 Å². The molecule has 0 unspecified atom stereocenters. The van der Waals surface area contributed by atoms with E-state index in [1.54, 1.807) is 17.9 Å². The Hall–Kier alpha value is -2.28. The van der Waals surface area contributed by atoms with Crippen LogP contribution < -0.4 is 4.74 Å². The zero-order chi connectivity index (χ0) is 13.3. The zero-order valence-corrected chi connectivity index (χ0v) is 11.0. The number of benzene rings is 1. The van der Waals surface area contributed by atoms with Crippen molar-refractivity contribution in [2.75, 3.05) is 7.11 Å². The van der Waals surface area contributed by atoms with Crippen molar-refractivity contribution in [3.8, 4) is 23.1 Å². The highest BCUT2D eigenvalue weighted by Crippen LogP contribution is 2.34. The van der Waals surface area contributed by atoms with Gasteiger partial charge in [0.2, 0.25) is 0 Å². The van der Waals surface area contributed by atoms with Gasteiger partial charge in [-0.3, -0.25) is 4.68 Å². The van der Waals surface area contributed by atoms with E-state index < -0.39 is 0 Å². The van der Waals surface area contributed by atoms with E-state index in [4.69, 9.17) is 10.00 Å². The topological polar surface area (TPSA) is 50.8 Å². The van der Waals surface area contributed by atoms with Gasteiger partial charge >= 0.3 is 0 Å². The second kappa shape index (κ2) is 4.53. The number of ether oxygens (including phenoxy) is 1. The Balaban J connectivity index is 2.70. The highest BCUT2D eigenvalue weighted by Gasteiger charge is 2.15. The Bertz CT molecular complexity index is 635. The van der Waals surface area contributed by atoms with Crippen molar-refractivity contribution in [2.45, 2.75) is 13.8 Å². The molecule has 0 N–H and O–H groups in total. The zero-order valence-electron chi connectivity index (χ0n) is 11.0. The van der Waals surface area contributed by atoms with Crippen molar-refractivity contribution in [2.24, 2.45) is 7.05 Å². The number of methoxy groups -OCH3 is 1. The minimum absolute atomic E-state index is 0.412. The fraction of sp³-hybridized carbons (Fsp3) is 0.286. The Morgan fingerprint density at radius 2 is 2.00 bits per heavy atom. The maximum atomic E-state index is 8.91. The van der Waals surface area contributed by atoms with E-state index in [9.17, 15) is 0 Å². The summed E-state index contributed by atoms with van der Waals surface area (Å²) in [5.41, 5.74) is 4.55. The lowest BCUT2D eigenvalue weighted by Crippen LogP contribution is -1.98. The number of hydrogen-bond acceptors (Lipinski definition) is 3. The molecule has 0 bridgehead atoms. The standard InChI is InChI=1S/C14H15N3O/c1-9-5-10(2)14(13(6-9)18-4)12-7-11(8-15)16-17(12)3/h5-7H,1-4H3. The summed E-state index contributed by atoms with van der Waals surface area (Å²) in [4.78, 5) is 0. The van der Waals surface area contributed by atoms with Crippen molar-refractivity contribution in [3.63, 3.8) is 0 Å². The number of aromatic nitrogens is 2. The van der Waals surface area contributed by atoms with Crippen LogP contribution in [0.4, 0.5) is 0 Å². The van der Waals surface area contributed by atoms with Gasteiger partial charge in [0.25, 0.3) is 0 Å². The molecule has 0 spiro atoms. The van der Waals surface area contributed by atoms with Crippen LogP contribution in [0.1, 0.15) is 16.8 Å². The summed E-state index contributed by atoms with van der Waals surface area (Å²) in [5, 5.41) is 13.0. The van der Waals surface area contributed by atoms with Crippen LogP contribution in [-0.2, 0) is 7.05 Å². The first-order chi connectivity index (χ1) is 8.56. The minimum Gasteiger partial charge on any atom is -0.496 e. The highest BCUT2D eigenvalue weighted by atomic mass is 16.5. The molecule has 0 fully saturated rings. The summed E-state index contributed by atoms with van der Waals surface area (Å²) in [6.07, 6.45) is 0. The number of nitrogens with zero attached hydrogens (tertiary/aromatic N) is 3. The normalized spacial score (nSPS) is 10.2. The molecule has 1 aromatic carbocycles. The molecule has 0 radical (unpaired) electrons. The quantitative estimate of drug-likeness (QED) is 0.812. The summed E-state index contributed by atoms with van der Waals surface area (Å²) in [5.74, 6) is 0.806. The van der Waals surface area contributed by atoms with Crippen LogP contribution >= 0.6 is 0 Å². The summed E-state index contributed by atoms with van der Waals surface area (Å²) in [6, 6.07) is 7.91. The molecule has 0 aliphatic heterocycles. The van der Waals surface area contributed by atoms with Gasteiger partial charge in [-0.15, -0.1) is 0 Å². The van der Waals surface area contributed by atoms with E-state index in [0.29, 0.717) is 5.69 Å². The molecule has 4 heteroatoms. The molecule has 0 atom stereocenters. The molecule has 2 rings (SSSR count). The van der Waals surface area contributed by atoms with E-state index in [2.05, 4.69) is 17.2 Å². The number of rotatable bonds is 2. The van der Waals surface area contributed by atoms with Gasteiger partial charge in [0.15, 0.2) is 5.69 Å². The second-order valence-electron chi connectivity index (χ2n) is 4.31. The molecule has 0 aliphatic carbocycles. The van der Waals surface area contributed by atoms with Gasteiger partial charge in [0, 0.05) is 18.7 Å². The second-order valence-corrected chi connectivity index (χ2v) is 4.31. The Labute approximate surface area is 106 Å². The third-order valence-electron chi connectivity index (χ3n) is 2.91. The van der Waals surface area contributed by atoms with Crippen molar-refractivity contribution >= 4 is 0 Å². The minimum atomic E-state index is 0.412. The number of nitriles is 1. The lowest BCUT2D eigenvalue weighted by molar-refractivity contribution is 0.415. The van der Waals surface area contributed by atoms with E-state index in [1.807, 2.05) is 27.0 Å². The molecule has 2 aromatic rings. The van der Waals surface area contributed by atoms with Crippen LogP contribution in [-0.4, -0.2) is 16.9 Å². The molecular formula is C14H15N3O. The maximum absolute atomic E-state index is 8.91. The first-order valence-corrected chi connectivity index (χ1v) is 5.66. The largest absolute Gasteiger partial charge is 0.496 e. The van der Waals surface area contributed by atoms with Crippen molar-refractivity contribution in [1.82, 2.24) is 9.78 Å². The van der Waals surface area contributed by atoms with Gasteiger partial charge in [-0.05, 0) is 31.0 Å². The molecule has 18 heavy (non-hydrogen) atoms. The highest BCUT2D eigenvalue weighted by molar-refractivity contribution is 5.72. The van der Waals surface area contributed by atoms with Crippen molar-refractivity contribution < 1.29 is 4.74 Å². The van der Waals surface area contributed by atoms with E-state index in [1.165, 1.54) is 0 Å². The van der Waals surface area contributed by atoms with E-state index in [-0.39, 0.29) is 0 Å². The van der Waals surface area contributed by atoms with Gasteiger partial charge in [0.1, 0.15) is 11.8 Å². The predicted octanol–water partition coefficient (Wildman–Crippen LogP) is 2.58. The van der Waals surface area contributed by atoms with E-state index in [0.717, 1.165) is 28.1 Å². The van der Waals surface area contributed by atoms with Crippen molar-refractivity contribution in [3.05, 3.63) is 35.0 Å². The molecule has 1 heterocycles. The SMILES string of the molecule is COc1cc(C)cc(C)c1-c1cc(C#N)nn1C. The van der Waals surface area contributed by atoms with Crippen LogP contribution in [0.25, 0.3) is 11.3 Å². The molecular weight excluding hydrogens is 226 g/mol. The lowest BCUT2D eigenvalue weighted by atomic mass is 10.0. The maximum Gasteiger partial charge on any atom is 0.163 e. The third-order valence-corrected chi connectivity index (χ3v) is 2.91. The Kier molecular flexibility index (Phi) is 3.07. The summed E-state index contributed by atoms with van der Waals surface area (Å²) in [6.45, 7) is 4.06. The average molecular weight is 241 g/mol. The molecule has 0 saturated carbocycles. The van der Waals surface area contributed by atoms with Crippen molar-refractivity contribution in [1.29, 1.82) is 5.26 Å². The monoisotopic (exact) mass is 241 g/mol. The van der Waals surface area contributed by atoms with E-state index >= 15 is 0 Å². The fourth-order valence-corrected chi connectivity index (χ4v) is 2.17. The smallest absolute Gasteiger partial charge is 0.163 e. The predicted molar refractivity (Wildman–Crippen MR) is 69.4 cm³/mol. The Morgan fingerprint density at radius 1 is 1.28 bits per heavy atom. The third kappa shape index (κ3) is 1.95. The van der Waals surface area contributed by atoms with Crippen LogP contribution in [0.5, 0.6) is 5.75 Å². The Morgan fingerprint density at radius 3 is 2.56 bits per heavy atom. The van der Waals surface area contributed by atoms with Crippen LogP contribution in [0.2, 0.25) is 0 Å². The molecule has 4 nitrogen and oxygen atoms in total. The lowest BCUT2D eigenvalue weighted by Gasteiger charge is -2.13. The molecule has 0 amide bonds. The van der Waals surface area contributed by atoms with Crippen LogP contribution in [0.3, 0.4) is 0 Å². The first kappa shape index (κ1) is 12.2. The summed E-state index contributed by atoms with van der Waals surface area (Å²) < 4.78 is 7.14. The van der Waals surface area contributed by atoms with Gasteiger partial charge in [-0.2, -0.15) is 10.4 Å². The van der Waals surface area contributed by atoms with Gasteiger partial charge < -0.3 is 4.74 Å².